The molecule has 114 valence electrons. The SMILES string of the molecule is O=[S@@]1C[C@H]2[C@@H](C1)c1cc(O)ccc1O[C@H]2c1ccc(O)cc1. The summed E-state index contributed by atoms with van der Waals surface area (Å²) in [6, 6.07) is 12.1. The Morgan fingerprint density at radius 2 is 1.73 bits per heavy atom. The molecule has 22 heavy (non-hydrogen) atoms. The topological polar surface area (TPSA) is 66.8 Å². The quantitative estimate of drug-likeness (QED) is 0.849. The van der Waals surface area contributed by atoms with Gasteiger partial charge >= 0.3 is 0 Å². The highest BCUT2D eigenvalue weighted by Gasteiger charge is 2.45. The zero-order valence-corrected chi connectivity index (χ0v) is 12.6. The zero-order valence-electron chi connectivity index (χ0n) is 11.8. The van der Waals surface area contributed by atoms with Crippen molar-refractivity contribution in [3.63, 3.8) is 0 Å². The van der Waals surface area contributed by atoms with Crippen molar-refractivity contribution in [2.75, 3.05) is 11.5 Å². The van der Waals surface area contributed by atoms with Gasteiger partial charge in [0.25, 0.3) is 0 Å². The summed E-state index contributed by atoms with van der Waals surface area (Å²) >= 11 is 0. The molecule has 1 fully saturated rings. The van der Waals surface area contributed by atoms with Crippen molar-refractivity contribution in [3.05, 3.63) is 53.6 Å². The van der Waals surface area contributed by atoms with Crippen molar-refractivity contribution in [1.29, 1.82) is 0 Å². The first kappa shape index (κ1) is 13.6. The van der Waals surface area contributed by atoms with Crippen LogP contribution in [-0.2, 0) is 10.8 Å². The summed E-state index contributed by atoms with van der Waals surface area (Å²) < 4.78 is 18.2. The van der Waals surface area contributed by atoms with E-state index in [0.717, 1.165) is 16.9 Å². The van der Waals surface area contributed by atoms with Gasteiger partial charge in [0.05, 0.1) is 0 Å². The summed E-state index contributed by atoms with van der Waals surface area (Å²) in [6.07, 6.45) is -0.172. The fraction of sp³-hybridized carbons (Fsp3) is 0.294. The number of phenolic OH excluding ortho intramolecular Hbond substituents is 2. The molecule has 0 bridgehead atoms. The van der Waals surface area contributed by atoms with Crippen LogP contribution in [-0.4, -0.2) is 25.9 Å². The van der Waals surface area contributed by atoms with E-state index < -0.39 is 10.8 Å². The second kappa shape index (κ2) is 5.02. The first-order valence-corrected chi connectivity index (χ1v) is 8.74. The van der Waals surface area contributed by atoms with E-state index in [-0.39, 0.29) is 29.4 Å². The molecule has 0 radical (unpaired) electrons. The maximum atomic E-state index is 12.1. The van der Waals surface area contributed by atoms with Crippen LogP contribution < -0.4 is 4.74 Å². The van der Waals surface area contributed by atoms with E-state index in [9.17, 15) is 14.4 Å². The van der Waals surface area contributed by atoms with E-state index in [2.05, 4.69) is 0 Å². The van der Waals surface area contributed by atoms with Gasteiger partial charge in [0.2, 0.25) is 0 Å². The van der Waals surface area contributed by atoms with E-state index in [1.54, 1.807) is 30.3 Å². The summed E-state index contributed by atoms with van der Waals surface area (Å²) in [7, 11) is -0.867. The molecule has 4 rings (SSSR count). The number of rotatable bonds is 1. The lowest BCUT2D eigenvalue weighted by Gasteiger charge is -2.35. The first-order chi connectivity index (χ1) is 10.6. The van der Waals surface area contributed by atoms with Gasteiger partial charge in [-0.25, -0.2) is 0 Å². The second-order valence-electron chi connectivity index (χ2n) is 5.90. The summed E-state index contributed by atoms with van der Waals surface area (Å²) in [5.41, 5.74) is 1.93. The van der Waals surface area contributed by atoms with Gasteiger partial charge in [-0.05, 0) is 35.9 Å². The van der Waals surface area contributed by atoms with Gasteiger partial charge in [-0.3, -0.25) is 4.21 Å². The van der Waals surface area contributed by atoms with Crippen LogP contribution in [0.25, 0.3) is 0 Å². The van der Waals surface area contributed by atoms with Crippen molar-refractivity contribution in [2.45, 2.75) is 12.0 Å². The van der Waals surface area contributed by atoms with Gasteiger partial charge in [-0.2, -0.15) is 0 Å². The molecule has 5 heteroatoms. The molecule has 0 amide bonds. The van der Waals surface area contributed by atoms with Gasteiger partial charge in [-0.15, -0.1) is 0 Å². The smallest absolute Gasteiger partial charge is 0.128 e. The van der Waals surface area contributed by atoms with Gasteiger partial charge in [0.1, 0.15) is 23.4 Å². The predicted octanol–water partition coefficient (Wildman–Crippen LogP) is 2.69. The number of benzene rings is 2. The van der Waals surface area contributed by atoms with Crippen LogP contribution in [0.1, 0.15) is 23.1 Å². The molecule has 2 aromatic carbocycles. The van der Waals surface area contributed by atoms with E-state index in [0.29, 0.717) is 11.5 Å². The molecule has 2 aliphatic heterocycles. The Morgan fingerprint density at radius 3 is 2.50 bits per heavy atom. The Kier molecular flexibility index (Phi) is 3.11. The summed E-state index contributed by atoms with van der Waals surface area (Å²) in [6.45, 7) is 0. The van der Waals surface area contributed by atoms with Crippen molar-refractivity contribution >= 4 is 10.8 Å². The van der Waals surface area contributed by atoms with Gasteiger partial charge in [-0.1, -0.05) is 12.1 Å². The number of phenols is 2. The van der Waals surface area contributed by atoms with E-state index >= 15 is 0 Å². The third-order valence-electron chi connectivity index (χ3n) is 4.52. The molecule has 2 N–H and O–H groups in total. The summed E-state index contributed by atoms with van der Waals surface area (Å²) in [5.74, 6) is 2.65. The van der Waals surface area contributed by atoms with Crippen LogP contribution in [0.2, 0.25) is 0 Å². The maximum Gasteiger partial charge on any atom is 0.128 e. The summed E-state index contributed by atoms with van der Waals surface area (Å²) in [5, 5.41) is 19.2. The van der Waals surface area contributed by atoms with Crippen molar-refractivity contribution in [1.82, 2.24) is 0 Å². The fourth-order valence-corrected chi connectivity index (χ4v) is 5.28. The lowest BCUT2D eigenvalue weighted by molar-refractivity contribution is 0.114. The Balaban J connectivity index is 1.79. The third kappa shape index (κ3) is 2.16. The highest BCUT2D eigenvalue weighted by Crippen LogP contribution is 2.50. The molecular weight excluding hydrogens is 300 g/mol. The minimum atomic E-state index is -0.867. The van der Waals surface area contributed by atoms with Crippen LogP contribution in [0.5, 0.6) is 17.2 Å². The van der Waals surface area contributed by atoms with Crippen LogP contribution in [0.15, 0.2) is 42.5 Å². The number of fused-ring (bicyclic) bond motifs is 3. The van der Waals surface area contributed by atoms with Gasteiger partial charge < -0.3 is 14.9 Å². The Labute approximate surface area is 130 Å². The van der Waals surface area contributed by atoms with Crippen LogP contribution in [0, 0.1) is 5.92 Å². The average molecular weight is 316 g/mol. The zero-order chi connectivity index (χ0) is 15.3. The van der Waals surface area contributed by atoms with E-state index in [4.69, 9.17) is 4.74 Å². The fourth-order valence-electron chi connectivity index (χ4n) is 3.48. The highest BCUT2D eigenvalue weighted by molar-refractivity contribution is 7.85. The number of ether oxygens (including phenoxy) is 1. The first-order valence-electron chi connectivity index (χ1n) is 7.25. The van der Waals surface area contributed by atoms with Crippen molar-refractivity contribution in [3.8, 4) is 17.2 Å². The van der Waals surface area contributed by atoms with Crippen molar-refractivity contribution in [2.24, 2.45) is 5.92 Å². The third-order valence-corrected chi connectivity index (χ3v) is 6.01. The Bertz CT molecular complexity index is 741. The minimum Gasteiger partial charge on any atom is -0.508 e. The van der Waals surface area contributed by atoms with Crippen LogP contribution >= 0.6 is 0 Å². The van der Waals surface area contributed by atoms with Crippen molar-refractivity contribution < 1.29 is 19.2 Å². The number of aromatic hydroxyl groups is 2. The largest absolute Gasteiger partial charge is 0.508 e. The minimum absolute atomic E-state index is 0.125. The molecule has 2 aliphatic rings. The lowest BCUT2D eigenvalue weighted by atomic mass is 9.80. The van der Waals surface area contributed by atoms with E-state index in [1.165, 1.54) is 0 Å². The molecule has 2 heterocycles. The van der Waals surface area contributed by atoms with Gasteiger partial charge in [0, 0.05) is 39.7 Å². The molecule has 0 aliphatic carbocycles. The summed E-state index contributed by atoms with van der Waals surface area (Å²) in [4.78, 5) is 0. The second-order valence-corrected chi connectivity index (χ2v) is 7.44. The molecule has 4 nitrogen and oxygen atoms in total. The Morgan fingerprint density at radius 1 is 1.00 bits per heavy atom. The molecular formula is C17H16O4S. The van der Waals surface area contributed by atoms with E-state index in [1.807, 2.05) is 12.1 Å². The highest BCUT2D eigenvalue weighted by atomic mass is 32.2. The van der Waals surface area contributed by atoms with Gasteiger partial charge in [0.15, 0.2) is 0 Å². The molecule has 1 saturated heterocycles. The molecule has 0 saturated carbocycles. The predicted molar refractivity (Wildman–Crippen MR) is 83.7 cm³/mol. The van der Waals surface area contributed by atoms with Crippen LogP contribution in [0.3, 0.4) is 0 Å². The maximum absolute atomic E-state index is 12.1. The lowest BCUT2D eigenvalue weighted by Crippen LogP contribution is -2.29. The molecule has 4 atom stereocenters. The standard InChI is InChI=1S/C17H16O4S/c18-11-3-1-10(2-4-11)17-15-9-22(20)8-14(15)13-7-12(19)5-6-16(13)21-17/h1-7,14-15,17-19H,8-9H2/t14-,15-,17-,22-/m0/s1. The normalized spacial score (nSPS) is 29.5. The Hall–Kier alpha value is -2.01. The molecule has 0 aromatic heterocycles. The monoisotopic (exact) mass is 316 g/mol. The number of hydrogen-bond acceptors (Lipinski definition) is 4. The van der Waals surface area contributed by atoms with Crippen LogP contribution in [0.4, 0.5) is 0 Å². The molecule has 0 unspecified atom stereocenters. The molecule has 2 aromatic rings. The average Bonchev–Trinajstić information content (AvgIpc) is 2.89. The number of hydrogen-bond donors (Lipinski definition) is 2. The molecule has 0 spiro atoms.